The maximum absolute atomic E-state index is 13.3. The first kappa shape index (κ1) is 18.4. The predicted octanol–water partition coefficient (Wildman–Crippen LogP) is 4.09. The number of hydrogen-bond donors (Lipinski definition) is 0. The van der Waals surface area contributed by atoms with E-state index >= 15 is 0 Å². The van der Waals surface area contributed by atoms with Crippen LogP contribution in [0, 0.1) is 5.82 Å². The Morgan fingerprint density at radius 2 is 2.04 bits per heavy atom. The first-order valence-electron chi connectivity index (χ1n) is 9.23. The molecule has 0 radical (unpaired) electrons. The monoisotopic (exact) mass is 433 g/mol. The van der Waals surface area contributed by atoms with Gasteiger partial charge in [-0.25, -0.2) is 9.37 Å². The number of pyridine rings is 1. The first-order chi connectivity index (χ1) is 13.1. The lowest BCUT2D eigenvalue weighted by Gasteiger charge is -2.24. The molecular formula is C20H21BrFN3O2. The van der Waals surface area contributed by atoms with Crippen LogP contribution in [0.2, 0.25) is 0 Å². The van der Waals surface area contributed by atoms with E-state index in [1.807, 2.05) is 4.90 Å². The van der Waals surface area contributed by atoms with Crippen LogP contribution in [-0.2, 0) is 0 Å². The second-order valence-corrected chi connectivity index (χ2v) is 7.82. The molecular weight excluding hydrogens is 413 g/mol. The van der Waals surface area contributed by atoms with E-state index in [9.17, 15) is 9.18 Å². The van der Waals surface area contributed by atoms with Crippen LogP contribution < -0.4 is 4.74 Å². The zero-order chi connectivity index (χ0) is 18.8. The van der Waals surface area contributed by atoms with Crippen molar-refractivity contribution in [3.63, 3.8) is 0 Å². The van der Waals surface area contributed by atoms with Crippen LogP contribution in [0.15, 0.2) is 41.0 Å². The molecule has 4 rings (SSSR count). The Labute approximate surface area is 166 Å². The molecule has 2 saturated heterocycles. The third-order valence-corrected chi connectivity index (χ3v) is 5.83. The Morgan fingerprint density at radius 3 is 2.81 bits per heavy atom. The number of likely N-dealkylation sites (tertiary alicyclic amines) is 2. The molecule has 2 fully saturated rings. The second kappa shape index (κ2) is 7.94. The van der Waals surface area contributed by atoms with E-state index in [1.165, 1.54) is 31.0 Å². The van der Waals surface area contributed by atoms with Crippen molar-refractivity contribution in [2.24, 2.45) is 0 Å². The highest BCUT2D eigenvalue weighted by atomic mass is 79.9. The van der Waals surface area contributed by atoms with Crippen molar-refractivity contribution in [2.45, 2.75) is 25.3 Å². The molecule has 1 aromatic heterocycles. The molecule has 7 heteroatoms. The molecule has 5 nitrogen and oxygen atoms in total. The molecule has 0 spiro atoms. The molecule has 1 amide bonds. The van der Waals surface area contributed by atoms with Crippen LogP contribution in [-0.4, -0.2) is 52.9 Å². The van der Waals surface area contributed by atoms with E-state index in [-0.39, 0.29) is 17.6 Å². The molecule has 1 atom stereocenters. The number of ether oxygens (including phenoxy) is 1. The van der Waals surface area contributed by atoms with E-state index in [1.54, 1.807) is 18.3 Å². The second-order valence-electron chi connectivity index (χ2n) is 6.97. The third kappa shape index (κ3) is 3.99. The summed E-state index contributed by atoms with van der Waals surface area (Å²) in [5.74, 6) is 0.217. The molecule has 0 bridgehead atoms. The Balaban J connectivity index is 1.51. The number of carbonyl (C=O) groups is 1. The molecule has 1 aromatic carbocycles. The van der Waals surface area contributed by atoms with Gasteiger partial charge in [-0.2, -0.15) is 0 Å². The molecule has 27 heavy (non-hydrogen) atoms. The maximum atomic E-state index is 13.3. The molecule has 142 valence electrons. The fourth-order valence-corrected chi connectivity index (χ4v) is 4.23. The van der Waals surface area contributed by atoms with E-state index in [2.05, 4.69) is 25.8 Å². The number of amides is 1. The van der Waals surface area contributed by atoms with Crippen molar-refractivity contribution in [2.75, 3.05) is 26.2 Å². The first-order valence-corrected chi connectivity index (χ1v) is 10.0. The van der Waals surface area contributed by atoms with Gasteiger partial charge in [0.15, 0.2) is 0 Å². The highest BCUT2D eigenvalue weighted by Crippen LogP contribution is 2.32. The van der Waals surface area contributed by atoms with Gasteiger partial charge in [-0.15, -0.1) is 0 Å². The summed E-state index contributed by atoms with van der Waals surface area (Å²) in [6.07, 6.45) is 5.08. The molecule has 2 aromatic rings. The number of hydrogen-bond acceptors (Lipinski definition) is 4. The quantitative estimate of drug-likeness (QED) is 0.728. The van der Waals surface area contributed by atoms with Crippen LogP contribution in [0.5, 0.6) is 11.6 Å². The van der Waals surface area contributed by atoms with E-state index < -0.39 is 0 Å². The fraction of sp³-hybridized carbons (Fsp3) is 0.400. The van der Waals surface area contributed by atoms with Gasteiger partial charge in [-0.05, 0) is 78.6 Å². The van der Waals surface area contributed by atoms with Crippen LogP contribution in [0.25, 0.3) is 0 Å². The molecule has 0 N–H and O–H groups in total. The summed E-state index contributed by atoms with van der Waals surface area (Å²) in [4.78, 5) is 21.7. The van der Waals surface area contributed by atoms with Crippen molar-refractivity contribution in [1.29, 1.82) is 0 Å². The number of carbonyl (C=O) groups excluding carboxylic acids is 1. The van der Waals surface area contributed by atoms with Gasteiger partial charge >= 0.3 is 0 Å². The Bertz CT molecular complexity index is 842. The van der Waals surface area contributed by atoms with Gasteiger partial charge in [-0.3, -0.25) is 9.69 Å². The van der Waals surface area contributed by atoms with Gasteiger partial charge in [0.2, 0.25) is 5.88 Å². The maximum Gasteiger partial charge on any atom is 0.259 e. The zero-order valence-electron chi connectivity index (χ0n) is 14.9. The van der Waals surface area contributed by atoms with Crippen LogP contribution in [0.1, 0.15) is 29.6 Å². The summed E-state index contributed by atoms with van der Waals surface area (Å²) in [6, 6.07) is 8.05. The van der Waals surface area contributed by atoms with Crippen molar-refractivity contribution in [1.82, 2.24) is 14.8 Å². The SMILES string of the molecule is O=C(c1cccnc1Oc1ccc(F)cc1Br)N1CCC(N2CCCC2)C1. The van der Waals surface area contributed by atoms with Crippen molar-refractivity contribution in [3.05, 3.63) is 52.4 Å². The van der Waals surface area contributed by atoms with E-state index in [0.717, 1.165) is 32.6 Å². The van der Waals surface area contributed by atoms with E-state index in [0.29, 0.717) is 21.8 Å². The number of rotatable bonds is 4. The van der Waals surface area contributed by atoms with Crippen molar-refractivity contribution in [3.8, 4) is 11.6 Å². The molecule has 0 aliphatic carbocycles. The average molecular weight is 434 g/mol. The third-order valence-electron chi connectivity index (χ3n) is 5.21. The van der Waals surface area contributed by atoms with Gasteiger partial charge in [0.05, 0.1) is 4.47 Å². The minimum Gasteiger partial charge on any atom is -0.437 e. The predicted molar refractivity (Wildman–Crippen MR) is 104 cm³/mol. The Morgan fingerprint density at radius 1 is 1.22 bits per heavy atom. The Hall–Kier alpha value is -1.99. The number of aromatic nitrogens is 1. The molecule has 1 unspecified atom stereocenters. The smallest absolute Gasteiger partial charge is 0.259 e. The number of nitrogens with zero attached hydrogens (tertiary/aromatic N) is 3. The van der Waals surface area contributed by atoms with E-state index in [4.69, 9.17) is 4.74 Å². The summed E-state index contributed by atoms with van der Waals surface area (Å²) in [5.41, 5.74) is 0.427. The van der Waals surface area contributed by atoms with Crippen LogP contribution >= 0.6 is 15.9 Å². The van der Waals surface area contributed by atoms with Gasteiger partial charge < -0.3 is 9.64 Å². The molecule has 2 aliphatic heterocycles. The van der Waals surface area contributed by atoms with Crippen LogP contribution in [0.4, 0.5) is 4.39 Å². The molecule has 3 heterocycles. The minimum atomic E-state index is -0.364. The summed E-state index contributed by atoms with van der Waals surface area (Å²) in [5, 5.41) is 0. The highest BCUT2D eigenvalue weighted by Gasteiger charge is 2.33. The lowest BCUT2D eigenvalue weighted by molar-refractivity contribution is 0.0776. The van der Waals surface area contributed by atoms with Crippen molar-refractivity contribution < 1.29 is 13.9 Å². The lowest BCUT2D eigenvalue weighted by atomic mass is 10.2. The Kier molecular flexibility index (Phi) is 5.41. The zero-order valence-corrected chi connectivity index (χ0v) is 16.5. The summed E-state index contributed by atoms with van der Waals surface area (Å²) >= 11 is 3.28. The molecule has 2 aliphatic rings. The van der Waals surface area contributed by atoms with Gasteiger partial charge in [0, 0.05) is 25.3 Å². The number of halogens is 2. The average Bonchev–Trinajstić information content (AvgIpc) is 3.35. The van der Waals surface area contributed by atoms with Gasteiger partial charge in [0.1, 0.15) is 17.1 Å². The van der Waals surface area contributed by atoms with Gasteiger partial charge in [0.25, 0.3) is 5.91 Å². The van der Waals surface area contributed by atoms with Crippen LogP contribution in [0.3, 0.4) is 0 Å². The normalized spacial score (nSPS) is 20.2. The van der Waals surface area contributed by atoms with Crippen molar-refractivity contribution >= 4 is 21.8 Å². The summed E-state index contributed by atoms with van der Waals surface area (Å²) in [7, 11) is 0. The number of benzene rings is 1. The standard InChI is InChI=1S/C20H21BrFN3O2/c21-17-12-14(22)5-6-18(17)27-19-16(4-3-8-23-19)20(26)25-11-7-15(13-25)24-9-1-2-10-24/h3-6,8,12,15H,1-2,7,9-11,13H2. The fourth-order valence-electron chi connectivity index (χ4n) is 3.80. The minimum absolute atomic E-state index is 0.0713. The largest absolute Gasteiger partial charge is 0.437 e. The van der Waals surface area contributed by atoms with Gasteiger partial charge in [-0.1, -0.05) is 0 Å². The topological polar surface area (TPSA) is 45.7 Å². The summed E-state index contributed by atoms with van der Waals surface area (Å²) in [6.45, 7) is 3.75. The lowest BCUT2D eigenvalue weighted by Crippen LogP contribution is -2.37. The molecule has 0 saturated carbocycles. The highest BCUT2D eigenvalue weighted by molar-refractivity contribution is 9.10. The summed E-state index contributed by atoms with van der Waals surface area (Å²) < 4.78 is 19.6.